The molecule has 0 unspecified atom stereocenters. The maximum atomic E-state index is 5.89. The van der Waals surface area contributed by atoms with Crippen molar-refractivity contribution >= 4 is 29.2 Å². The number of hydrogen-bond acceptors (Lipinski definition) is 5. The lowest BCUT2D eigenvalue weighted by molar-refractivity contribution is 0.122. The molecular weight excluding hydrogens is 306 g/mol. The number of hydrogen-bond donors (Lipinski definition) is 0. The van der Waals surface area contributed by atoms with Gasteiger partial charge in [0, 0.05) is 29.9 Å². The lowest BCUT2D eigenvalue weighted by Gasteiger charge is -2.27. The third kappa shape index (κ3) is 4.09. The monoisotopic (exact) mass is 321 g/mol. The quantitative estimate of drug-likeness (QED) is 0.638. The van der Waals surface area contributed by atoms with Crippen LogP contribution >= 0.6 is 23.4 Å². The number of anilines is 1. The minimum atomic E-state index is 0.761. The van der Waals surface area contributed by atoms with Gasteiger partial charge in [-0.05, 0) is 17.7 Å². The summed E-state index contributed by atoms with van der Waals surface area (Å²) in [6.07, 6.45) is 1.63. The van der Waals surface area contributed by atoms with E-state index in [0.29, 0.717) is 0 Å². The van der Waals surface area contributed by atoms with Crippen molar-refractivity contribution in [3.63, 3.8) is 0 Å². The van der Waals surface area contributed by atoms with Crippen LogP contribution in [0.4, 0.5) is 5.82 Å². The molecule has 1 aliphatic heterocycles. The molecule has 0 bridgehead atoms. The molecule has 1 aromatic carbocycles. The van der Waals surface area contributed by atoms with E-state index in [9.17, 15) is 0 Å². The van der Waals surface area contributed by atoms with Crippen molar-refractivity contribution in [3.8, 4) is 0 Å². The van der Waals surface area contributed by atoms with Crippen LogP contribution in [-0.2, 0) is 10.5 Å². The summed E-state index contributed by atoms with van der Waals surface area (Å²) in [4.78, 5) is 10.9. The lowest BCUT2D eigenvalue weighted by Crippen LogP contribution is -2.36. The van der Waals surface area contributed by atoms with Gasteiger partial charge in [0.05, 0.1) is 13.2 Å². The molecular formula is C15H16ClN3OS. The zero-order valence-electron chi connectivity index (χ0n) is 11.5. The normalized spacial score (nSPS) is 15.2. The molecule has 0 spiro atoms. The molecule has 2 aromatic rings. The molecule has 21 heavy (non-hydrogen) atoms. The summed E-state index contributed by atoms with van der Waals surface area (Å²) < 4.78 is 5.37. The number of thioether (sulfide) groups is 1. The Bertz CT molecular complexity index is 588. The standard InChI is InChI=1S/C15H16ClN3OS/c16-13-3-1-12(2-4-13)10-21-15-9-14(17-11-18-15)19-5-7-20-8-6-19/h1-4,9,11H,5-8,10H2. The second kappa shape index (κ2) is 7.11. The number of aromatic nitrogens is 2. The highest BCUT2D eigenvalue weighted by Gasteiger charge is 2.13. The third-order valence-electron chi connectivity index (χ3n) is 3.26. The molecule has 2 heterocycles. The molecule has 6 heteroatoms. The summed E-state index contributed by atoms with van der Waals surface area (Å²) in [5.74, 6) is 1.85. The SMILES string of the molecule is Clc1ccc(CSc2cc(N3CCOCC3)ncn2)cc1. The van der Waals surface area contributed by atoms with Crippen LogP contribution in [0.1, 0.15) is 5.56 Å². The highest BCUT2D eigenvalue weighted by Crippen LogP contribution is 2.24. The predicted molar refractivity (Wildman–Crippen MR) is 86.1 cm³/mol. The minimum Gasteiger partial charge on any atom is -0.378 e. The molecule has 110 valence electrons. The van der Waals surface area contributed by atoms with Crippen molar-refractivity contribution < 1.29 is 4.74 Å². The van der Waals surface area contributed by atoms with E-state index < -0.39 is 0 Å². The van der Waals surface area contributed by atoms with Gasteiger partial charge in [0.25, 0.3) is 0 Å². The molecule has 0 aliphatic carbocycles. The fourth-order valence-corrected chi connectivity index (χ4v) is 3.06. The predicted octanol–water partition coefficient (Wildman–Crippen LogP) is 3.26. The maximum absolute atomic E-state index is 5.89. The minimum absolute atomic E-state index is 0.761. The van der Waals surface area contributed by atoms with Gasteiger partial charge in [-0.25, -0.2) is 9.97 Å². The molecule has 1 aromatic heterocycles. The summed E-state index contributed by atoms with van der Waals surface area (Å²) >= 11 is 7.60. The van der Waals surface area contributed by atoms with E-state index in [1.165, 1.54) is 5.56 Å². The largest absolute Gasteiger partial charge is 0.378 e. The summed E-state index contributed by atoms with van der Waals surface area (Å²) in [7, 11) is 0. The highest BCUT2D eigenvalue weighted by atomic mass is 35.5. The summed E-state index contributed by atoms with van der Waals surface area (Å²) in [5, 5.41) is 1.75. The number of rotatable bonds is 4. The van der Waals surface area contributed by atoms with Crippen molar-refractivity contribution in [1.82, 2.24) is 9.97 Å². The Hall–Kier alpha value is -1.30. The zero-order valence-corrected chi connectivity index (χ0v) is 13.1. The van der Waals surface area contributed by atoms with Crippen molar-refractivity contribution in [3.05, 3.63) is 47.2 Å². The van der Waals surface area contributed by atoms with Gasteiger partial charge in [0.1, 0.15) is 17.2 Å². The van der Waals surface area contributed by atoms with Gasteiger partial charge in [0.2, 0.25) is 0 Å². The van der Waals surface area contributed by atoms with E-state index in [-0.39, 0.29) is 0 Å². The number of benzene rings is 1. The van der Waals surface area contributed by atoms with E-state index in [1.807, 2.05) is 30.3 Å². The lowest BCUT2D eigenvalue weighted by atomic mass is 10.2. The van der Waals surface area contributed by atoms with Crippen LogP contribution in [0.2, 0.25) is 5.02 Å². The second-order valence-corrected chi connectivity index (χ2v) is 6.16. The first-order valence-electron chi connectivity index (χ1n) is 6.83. The Morgan fingerprint density at radius 2 is 1.90 bits per heavy atom. The summed E-state index contributed by atoms with van der Waals surface area (Å²) in [6, 6.07) is 9.96. The fourth-order valence-electron chi connectivity index (χ4n) is 2.11. The Kier molecular flexibility index (Phi) is 4.95. The van der Waals surface area contributed by atoms with Gasteiger partial charge in [-0.15, -0.1) is 11.8 Å². The van der Waals surface area contributed by atoms with Crippen LogP contribution in [0.3, 0.4) is 0 Å². The Balaban J connectivity index is 1.64. The molecule has 0 saturated carbocycles. The van der Waals surface area contributed by atoms with E-state index in [1.54, 1.807) is 18.1 Å². The van der Waals surface area contributed by atoms with Crippen molar-refractivity contribution in [2.24, 2.45) is 0 Å². The topological polar surface area (TPSA) is 38.2 Å². The van der Waals surface area contributed by atoms with Crippen LogP contribution in [0, 0.1) is 0 Å². The van der Waals surface area contributed by atoms with E-state index in [2.05, 4.69) is 14.9 Å². The van der Waals surface area contributed by atoms with Crippen molar-refractivity contribution in [2.45, 2.75) is 10.8 Å². The average molecular weight is 322 g/mol. The van der Waals surface area contributed by atoms with E-state index >= 15 is 0 Å². The molecule has 0 N–H and O–H groups in total. The first-order chi connectivity index (χ1) is 10.3. The molecule has 1 saturated heterocycles. The third-order valence-corrected chi connectivity index (χ3v) is 4.51. The fraction of sp³-hybridized carbons (Fsp3) is 0.333. The Morgan fingerprint density at radius 3 is 2.67 bits per heavy atom. The van der Waals surface area contributed by atoms with E-state index in [4.69, 9.17) is 16.3 Å². The van der Waals surface area contributed by atoms with Gasteiger partial charge >= 0.3 is 0 Å². The first-order valence-corrected chi connectivity index (χ1v) is 8.19. The molecule has 0 radical (unpaired) electrons. The first kappa shape index (κ1) is 14.6. The molecule has 0 amide bonds. The molecule has 1 fully saturated rings. The van der Waals surface area contributed by atoms with Crippen LogP contribution in [0.25, 0.3) is 0 Å². The van der Waals surface area contributed by atoms with Crippen LogP contribution in [-0.4, -0.2) is 36.3 Å². The van der Waals surface area contributed by atoms with Crippen LogP contribution in [0.5, 0.6) is 0 Å². The zero-order chi connectivity index (χ0) is 14.5. The number of halogens is 1. The number of nitrogens with zero attached hydrogens (tertiary/aromatic N) is 3. The average Bonchev–Trinajstić information content (AvgIpc) is 2.55. The molecule has 4 nitrogen and oxygen atoms in total. The summed E-state index contributed by atoms with van der Waals surface area (Å²) in [6.45, 7) is 3.30. The highest BCUT2D eigenvalue weighted by molar-refractivity contribution is 7.98. The van der Waals surface area contributed by atoms with Crippen molar-refractivity contribution in [2.75, 3.05) is 31.2 Å². The number of ether oxygens (including phenoxy) is 1. The van der Waals surface area contributed by atoms with Gasteiger partial charge in [-0.1, -0.05) is 23.7 Å². The maximum Gasteiger partial charge on any atom is 0.133 e. The van der Waals surface area contributed by atoms with E-state index in [0.717, 1.165) is 47.9 Å². The molecule has 3 rings (SSSR count). The van der Waals surface area contributed by atoms with Gasteiger partial charge < -0.3 is 9.64 Å². The van der Waals surface area contributed by atoms with Gasteiger partial charge in [-0.2, -0.15) is 0 Å². The smallest absolute Gasteiger partial charge is 0.133 e. The molecule has 0 atom stereocenters. The second-order valence-electron chi connectivity index (χ2n) is 4.73. The van der Waals surface area contributed by atoms with Gasteiger partial charge in [-0.3, -0.25) is 0 Å². The summed E-state index contributed by atoms with van der Waals surface area (Å²) in [5.41, 5.74) is 1.23. The van der Waals surface area contributed by atoms with Crippen LogP contribution in [0.15, 0.2) is 41.7 Å². The van der Waals surface area contributed by atoms with Gasteiger partial charge in [0.15, 0.2) is 0 Å². The molecule has 1 aliphatic rings. The Labute approximate surface area is 133 Å². The number of morpholine rings is 1. The Morgan fingerprint density at radius 1 is 1.14 bits per heavy atom. The van der Waals surface area contributed by atoms with Crippen molar-refractivity contribution in [1.29, 1.82) is 0 Å². The van der Waals surface area contributed by atoms with Crippen LogP contribution < -0.4 is 4.90 Å².